The molecule has 0 rings (SSSR count). The smallest absolute Gasteiger partial charge is 0.306 e. The zero-order valence-electron chi connectivity index (χ0n) is 43.8. The molecule has 0 radical (unpaired) electrons. The van der Waals surface area contributed by atoms with Gasteiger partial charge in [0.15, 0.2) is 6.10 Å². The van der Waals surface area contributed by atoms with Gasteiger partial charge in [-0.1, -0.05) is 291 Å². The molecule has 0 aromatic carbocycles. The summed E-state index contributed by atoms with van der Waals surface area (Å²) in [6.07, 6.45) is 56.6. The maximum atomic E-state index is 12.8. The van der Waals surface area contributed by atoms with Gasteiger partial charge in [0.1, 0.15) is 13.2 Å². The van der Waals surface area contributed by atoms with Gasteiger partial charge in [-0.3, -0.25) is 14.4 Å². The van der Waals surface area contributed by atoms with E-state index in [0.717, 1.165) is 63.7 Å². The molecule has 0 unspecified atom stereocenters. The van der Waals surface area contributed by atoms with E-state index in [1.54, 1.807) is 0 Å². The number of hydrogen-bond acceptors (Lipinski definition) is 6. The molecule has 0 amide bonds. The van der Waals surface area contributed by atoms with Crippen LogP contribution in [0.4, 0.5) is 0 Å². The fraction of sp³-hybridized carbons (Fsp3) is 0.948. The second-order valence-corrected chi connectivity index (χ2v) is 20.4. The van der Waals surface area contributed by atoms with Crippen molar-refractivity contribution in [1.82, 2.24) is 0 Å². The van der Waals surface area contributed by atoms with Gasteiger partial charge < -0.3 is 14.2 Å². The van der Waals surface area contributed by atoms with Gasteiger partial charge in [0.2, 0.25) is 0 Å². The first-order valence-corrected chi connectivity index (χ1v) is 28.9. The van der Waals surface area contributed by atoms with Crippen molar-refractivity contribution in [3.63, 3.8) is 0 Å². The molecule has 0 bridgehead atoms. The van der Waals surface area contributed by atoms with Crippen LogP contribution in [0.15, 0.2) is 0 Å². The molecule has 6 heteroatoms. The third kappa shape index (κ3) is 51.4. The maximum Gasteiger partial charge on any atom is 0.306 e. The van der Waals surface area contributed by atoms with E-state index < -0.39 is 6.10 Å². The summed E-state index contributed by atoms with van der Waals surface area (Å²) in [6, 6.07) is 0. The fourth-order valence-corrected chi connectivity index (χ4v) is 8.92. The Bertz CT molecular complexity index is 964. The Balaban J connectivity index is 4.28. The zero-order valence-corrected chi connectivity index (χ0v) is 43.8. The van der Waals surface area contributed by atoms with Gasteiger partial charge in [-0.15, -0.1) is 0 Å². The van der Waals surface area contributed by atoms with Crippen molar-refractivity contribution in [2.45, 2.75) is 336 Å². The summed E-state index contributed by atoms with van der Waals surface area (Å²) in [5.74, 6) is -0.00915. The summed E-state index contributed by atoms with van der Waals surface area (Å²) in [5, 5.41) is 0. The van der Waals surface area contributed by atoms with E-state index in [-0.39, 0.29) is 31.1 Å². The molecule has 0 aliphatic heterocycles. The lowest BCUT2D eigenvalue weighted by Gasteiger charge is -2.18. The Morgan fingerprint density at radius 3 is 0.766 bits per heavy atom. The summed E-state index contributed by atoms with van der Waals surface area (Å²) in [4.78, 5) is 38.1. The summed E-state index contributed by atoms with van der Waals surface area (Å²) in [6.45, 7) is 9.05. The van der Waals surface area contributed by atoms with Gasteiger partial charge in [0.25, 0.3) is 0 Å². The van der Waals surface area contributed by atoms with Gasteiger partial charge in [0, 0.05) is 19.3 Å². The van der Waals surface area contributed by atoms with Crippen molar-refractivity contribution in [1.29, 1.82) is 0 Å². The van der Waals surface area contributed by atoms with Gasteiger partial charge in [0.05, 0.1) is 0 Å². The van der Waals surface area contributed by atoms with E-state index in [1.807, 2.05) is 0 Å². The Morgan fingerprint density at radius 1 is 0.297 bits per heavy atom. The van der Waals surface area contributed by atoms with E-state index in [9.17, 15) is 14.4 Å². The lowest BCUT2D eigenvalue weighted by atomic mass is 10.0. The Kier molecular flexibility index (Phi) is 51.1. The first-order valence-electron chi connectivity index (χ1n) is 28.9. The van der Waals surface area contributed by atoms with Gasteiger partial charge in [-0.05, 0) is 25.2 Å². The third-order valence-corrected chi connectivity index (χ3v) is 13.3. The molecule has 1 atom stereocenters. The summed E-state index contributed by atoms with van der Waals surface area (Å²) >= 11 is 0. The predicted octanol–water partition coefficient (Wildman–Crippen LogP) is 19.0. The molecular weight excluding hydrogens is 793 g/mol. The molecule has 380 valence electrons. The molecule has 0 aromatic rings. The summed E-state index contributed by atoms with van der Waals surface area (Å²) in [7, 11) is 0. The first kappa shape index (κ1) is 62.4. The molecule has 6 nitrogen and oxygen atoms in total. The van der Waals surface area contributed by atoms with Crippen LogP contribution in [0.5, 0.6) is 0 Å². The normalized spacial score (nSPS) is 12.0. The highest BCUT2D eigenvalue weighted by molar-refractivity contribution is 5.71. The first-order chi connectivity index (χ1) is 31.4. The summed E-state index contributed by atoms with van der Waals surface area (Å²) < 4.78 is 16.9. The molecule has 0 heterocycles. The van der Waals surface area contributed by atoms with Crippen LogP contribution in [0.2, 0.25) is 0 Å². The quantitative estimate of drug-likeness (QED) is 0.0344. The molecule has 0 saturated carbocycles. The number of esters is 3. The van der Waals surface area contributed by atoms with Crippen molar-refractivity contribution < 1.29 is 28.6 Å². The van der Waals surface area contributed by atoms with Gasteiger partial charge in [-0.25, -0.2) is 0 Å². The van der Waals surface area contributed by atoms with Crippen LogP contribution in [0.3, 0.4) is 0 Å². The monoisotopic (exact) mass is 905 g/mol. The van der Waals surface area contributed by atoms with Crippen molar-refractivity contribution in [2.24, 2.45) is 5.92 Å². The number of unbranched alkanes of at least 4 members (excludes halogenated alkanes) is 40. The number of rotatable bonds is 53. The van der Waals surface area contributed by atoms with Gasteiger partial charge in [-0.2, -0.15) is 0 Å². The molecule has 0 saturated heterocycles. The molecule has 0 N–H and O–H groups in total. The number of ether oxygens (including phenoxy) is 3. The van der Waals surface area contributed by atoms with Crippen molar-refractivity contribution >= 4 is 17.9 Å². The molecule has 64 heavy (non-hydrogen) atoms. The molecule has 0 aliphatic rings. The number of carbonyl (C=O) groups is 3. The van der Waals surface area contributed by atoms with E-state index in [0.29, 0.717) is 19.3 Å². The van der Waals surface area contributed by atoms with Crippen molar-refractivity contribution in [3.05, 3.63) is 0 Å². The van der Waals surface area contributed by atoms with E-state index in [1.165, 1.54) is 225 Å². The molecular formula is C58H112O6. The van der Waals surface area contributed by atoms with E-state index in [4.69, 9.17) is 14.2 Å². The van der Waals surface area contributed by atoms with Crippen LogP contribution in [-0.2, 0) is 28.6 Å². The average molecular weight is 906 g/mol. The molecule has 0 fully saturated rings. The zero-order chi connectivity index (χ0) is 46.7. The highest BCUT2D eigenvalue weighted by atomic mass is 16.6. The molecule has 0 spiro atoms. The van der Waals surface area contributed by atoms with Gasteiger partial charge >= 0.3 is 17.9 Å². The van der Waals surface area contributed by atoms with Crippen molar-refractivity contribution in [2.75, 3.05) is 13.2 Å². The number of hydrogen-bond donors (Lipinski definition) is 0. The fourth-order valence-electron chi connectivity index (χ4n) is 8.92. The van der Waals surface area contributed by atoms with Crippen LogP contribution in [0.25, 0.3) is 0 Å². The lowest BCUT2D eigenvalue weighted by Crippen LogP contribution is -2.30. The largest absolute Gasteiger partial charge is 0.462 e. The van der Waals surface area contributed by atoms with Crippen LogP contribution in [0, 0.1) is 5.92 Å². The highest BCUT2D eigenvalue weighted by Gasteiger charge is 2.19. The Hall–Kier alpha value is -1.59. The Labute approximate surface area is 399 Å². The van der Waals surface area contributed by atoms with Crippen molar-refractivity contribution in [3.8, 4) is 0 Å². The highest BCUT2D eigenvalue weighted by Crippen LogP contribution is 2.18. The molecule has 0 aliphatic carbocycles. The predicted molar refractivity (Wildman–Crippen MR) is 275 cm³/mol. The standard InChI is InChI=1S/C58H112O6/c1-5-7-9-11-13-15-17-19-21-22-23-24-26-29-33-37-41-45-49-56(59)62-52-55(64-58(61)51-47-43-39-35-30-25-20-18-16-14-12-10-8-6-2)53-63-57(60)50-46-42-38-34-31-27-28-32-36-40-44-48-54(3)4/h54-55H,5-53H2,1-4H3/t55-/m0/s1. The van der Waals surface area contributed by atoms with Crippen LogP contribution >= 0.6 is 0 Å². The Morgan fingerprint density at radius 2 is 0.516 bits per heavy atom. The van der Waals surface area contributed by atoms with Crippen LogP contribution in [0.1, 0.15) is 329 Å². The second kappa shape index (κ2) is 52.4. The third-order valence-electron chi connectivity index (χ3n) is 13.3. The lowest BCUT2D eigenvalue weighted by molar-refractivity contribution is -0.167. The van der Waals surface area contributed by atoms with E-state index in [2.05, 4.69) is 27.7 Å². The topological polar surface area (TPSA) is 78.9 Å². The SMILES string of the molecule is CCCCCCCCCCCCCCCCCCCCC(=O)OC[C@@H](COC(=O)CCCCCCCCCCCCCC(C)C)OC(=O)CCCCCCCCCCCCCCCC. The number of carbonyl (C=O) groups excluding carboxylic acids is 3. The molecule has 0 aromatic heterocycles. The van der Waals surface area contributed by atoms with Crippen LogP contribution in [-0.4, -0.2) is 37.2 Å². The maximum absolute atomic E-state index is 12.8. The minimum atomic E-state index is -0.762. The van der Waals surface area contributed by atoms with Crippen LogP contribution < -0.4 is 0 Å². The van der Waals surface area contributed by atoms with E-state index >= 15 is 0 Å². The second-order valence-electron chi connectivity index (χ2n) is 20.4. The average Bonchev–Trinajstić information content (AvgIpc) is 3.28. The minimum Gasteiger partial charge on any atom is -0.462 e. The summed E-state index contributed by atoms with van der Waals surface area (Å²) in [5.41, 5.74) is 0. The minimum absolute atomic E-state index is 0.0619.